The highest BCUT2D eigenvalue weighted by Crippen LogP contribution is 2.27. The van der Waals surface area contributed by atoms with Crippen LogP contribution >= 0.6 is 23.2 Å². The van der Waals surface area contributed by atoms with Crippen LogP contribution in [0.2, 0.25) is 10.0 Å². The van der Waals surface area contributed by atoms with E-state index in [0.717, 1.165) is 5.69 Å². The van der Waals surface area contributed by atoms with E-state index in [1.165, 1.54) is 12.4 Å². The second-order valence-electron chi connectivity index (χ2n) is 5.81. The van der Waals surface area contributed by atoms with Crippen molar-refractivity contribution in [3.05, 3.63) is 58.5 Å². The molecular weight excluding hydrogens is 417 g/mol. The molecule has 0 saturated carbocycles. The number of nitrogens with zero attached hydrogens (tertiary/aromatic N) is 3. The van der Waals surface area contributed by atoms with Crippen LogP contribution in [0.5, 0.6) is 5.75 Å². The van der Waals surface area contributed by atoms with Crippen LogP contribution in [0.3, 0.4) is 0 Å². The monoisotopic (exact) mass is 433 g/mol. The number of hydrogen-bond donors (Lipinski definition) is 4. The predicted molar refractivity (Wildman–Crippen MR) is 112 cm³/mol. The number of hydrazine groups is 1. The average Bonchev–Trinajstić information content (AvgIpc) is 2.68. The number of ether oxygens (including phenoxy) is 1. The number of carbonyl (C=O) groups is 1. The SMILES string of the molecule is Cc1cccc(Nc2ncnc(NNC(=O)COc3ccc(Cl)cc3Cl)c2N)n1. The number of nitrogen functional groups attached to an aromatic ring is 1. The third-order valence-electron chi connectivity index (χ3n) is 3.59. The van der Waals surface area contributed by atoms with Gasteiger partial charge in [0, 0.05) is 10.7 Å². The lowest BCUT2D eigenvalue weighted by atomic mass is 10.3. The fourth-order valence-electron chi connectivity index (χ4n) is 2.23. The Bertz CT molecular complexity index is 1030. The van der Waals surface area contributed by atoms with Gasteiger partial charge in [0.1, 0.15) is 23.6 Å². The molecule has 1 amide bonds. The van der Waals surface area contributed by atoms with Crippen molar-refractivity contribution in [3.63, 3.8) is 0 Å². The average molecular weight is 434 g/mol. The van der Waals surface area contributed by atoms with E-state index >= 15 is 0 Å². The van der Waals surface area contributed by atoms with E-state index in [-0.39, 0.29) is 18.1 Å². The first-order chi connectivity index (χ1) is 13.9. The molecule has 0 aliphatic heterocycles. The van der Waals surface area contributed by atoms with Gasteiger partial charge >= 0.3 is 0 Å². The van der Waals surface area contributed by atoms with E-state index in [0.29, 0.717) is 27.4 Å². The van der Waals surface area contributed by atoms with Crippen LogP contribution in [0.25, 0.3) is 0 Å². The number of nitrogens with one attached hydrogen (secondary N) is 3. The normalized spacial score (nSPS) is 10.3. The van der Waals surface area contributed by atoms with Crippen molar-refractivity contribution >= 4 is 52.3 Å². The zero-order valence-corrected chi connectivity index (χ0v) is 16.8. The van der Waals surface area contributed by atoms with Gasteiger partial charge in [0.25, 0.3) is 5.91 Å². The quantitative estimate of drug-likeness (QED) is 0.417. The zero-order chi connectivity index (χ0) is 20.8. The second-order valence-corrected chi connectivity index (χ2v) is 6.65. The standard InChI is InChI=1S/C18H17Cl2N7O2/c1-10-3-2-4-14(24-10)25-17-16(21)18(23-9-22-17)27-26-15(28)8-29-13-6-5-11(19)7-12(13)20/h2-7,9H,8,21H2,1H3,(H,26,28)(H2,22,23,24,25,27). The fraction of sp³-hybridized carbons (Fsp3) is 0.111. The number of nitrogens with two attached hydrogens (primary N) is 1. The van der Waals surface area contributed by atoms with E-state index in [2.05, 4.69) is 31.1 Å². The Balaban J connectivity index is 1.58. The van der Waals surface area contributed by atoms with Gasteiger partial charge in [-0.3, -0.25) is 15.6 Å². The Hall–Kier alpha value is -3.30. The highest BCUT2D eigenvalue weighted by Gasteiger charge is 2.11. The molecule has 1 aromatic carbocycles. The lowest BCUT2D eigenvalue weighted by molar-refractivity contribution is -0.122. The van der Waals surface area contributed by atoms with Crippen LogP contribution in [-0.2, 0) is 4.79 Å². The Morgan fingerprint density at radius 3 is 2.72 bits per heavy atom. The van der Waals surface area contributed by atoms with Gasteiger partial charge in [-0.15, -0.1) is 0 Å². The van der Waals surface area contributed by atoms with Crippen molar-refractivity contribution in [1.29, 1.82) is 0 Å². The minimum Gasteiger partial charge on any atom is -0.482 e. The molecule has 3 aromatic rings. The number of amides is 1. The number of halogens is 2. The molecule has 0 atom stereocenters. The topological polar surface area (TPSA) is 127 Å². The van der Waals surface area contributed by atoms with Gasteiger partial charge in [-0.1, -0.05) is 29.3 Å². The Morgan fingerprint density at radius 1 is 1.17 bits per heavy atom. The Labute approximate surface area is 176 Å². The summed E-state index contributed by atoms with van der Waals surface area (Å²) in [5.74, 6) is 1.01. The minimum atomic E-state index is -0.469. The summed E-state index contributed by atoms with van der Waals surface area (Å²) in [4.78, 5) is 24.4. The van der Waals surface area contributed by atoms with Gasteiger partial charge in [-0.2, -0.15) is 0 Å². The lowest BCUT2D eigenvalue weighted by Crippen LogP contribution is -2.34. The first kappa shape index (κ1) is 20.4. The molecule has 2 heterocycles. The summed E-state index contributed by atoms with van der Waals surface area (Å²) in [6, 6.07) is 10.2. The van der Waals surface area contributed by atoms with Crippen molar-refractivity contribution in [3.8, 4) is 5.75 Å². The van der Waals surface area contributed by atoms with Crippen molar-refractivity contribution in [2.45, 2.75) is 6.92 Å². The van der Waals surface area contributed by atoms with Crippen molar-refractivity contribution in [2.24, 2.45) is 0 Å². The highest BCUT2D eigenvalue weighted by molar-refractivity contribution is 6.35. The Kier molecular flexibility index (Phi) is 6.53. The van der Waals surface area contributed by atoms with Gasteiger partial charge in [-0.25, -0.2) is 15.0 Å². The molecule has 29 heavy (non-hydrogen) atoms. The first-order valence-corrected chi connectivity index (χ1v) is 9.12. The number of pyridine rings is 1. The number of aromatic nitrogens is 3. The number of carbonyl (C=O) groups excluding carboxylic acids is 1. The highest BCUT2D eigenvalue weighted by atomic mass is 35.5. The molecule has 0 unspecified atom stereocenters. The predicted octanol–water partition coefficient (Wildman–Crippen LogP) is 3.33. The number of hydrogen-bond acceptors (Lipinski definition) is 8. The molecule has 0 aliphatic rings. The molecule has 0 spiro atoms. The number of anilines is 4. The van der Waals surface area contributed by atoms with Gasteiger partial charge in [0.2, 0.25) is 0 Å². The van der Waals surface area contributed by atoms with E-state index < -0.39 is 5.91 Å². The van der Waals surface area contributed by atoms with Crippen LogP contribution in [0.15, 0.2) is 42.7 Å². The summed E-state index contributed by atoms with van der Waals surface area (Å²) < 4.78 is 5.36. The van der Waals surface area contributed by atoms with Crippen LogP contribution < -0.4 is 26.6 Å². The molecule has 0 radical (unpaired) electrons. The largest absolute Gasteiger partial charge is 0.482 e. The zero-order valence-electron chi connectivity index (χ0n) is 15.2. The van der Waals surface area contributed by atoms with Gasteiger partial charge in [0.05, 0.1) is 5.02 Å². The summed E-state index contributed by atoms with van der Waals surface area (Å²) in [5.41, 5.74) is 12.2. The number of benzene rings is 1. The summed E-state index contributed by atoms with van der Waals surface area (Å²) in [6.45, 7) is 1.59. The van der Waals surface area contributed by atoms with Gasteiger partial charge in [-0.05, 0) is 37.3 Å². The van der Waals surface area contributed by atoms with Crippen LogP contribution in [0.1, 0.15) is 5.69 Å². The molecule has 11 heteroatoms. The fourth-order valence-corrected chi connectivity index (χ4v) is 2.69. The van der Waals surface area contributed by atoms with E-state index in [1.807, 2.05) is 19.1 Å². The summed E-state index contributed by atoms with van der Waals surface area (Å²) in [6.07, 6.45) is 1.30. The summed E-state index contributed by atoms with van der Waals surface area (Å²) >= 11 is 11.8. The molecule has 0 bridgehead atoms. The molecule has 0 saturated heterocycles. The van der Waals surface area contributed by atoms with E-state index in [4.69, 9.17) is 33.7 Å². The van der Waals surface area contributed by atoms with Gasteiger partial charge in [0.15, 0.2) is 18.2 Å². The Morgan fingerprint density at radius 2 is 1.97 bits per heavy atom. The molecule has 5 N–H and O–H groups in total. The van der Waals surface area contributed by atoms with E-state index in [9.17, 15) is 4.79 Å². The summed E-state index contributed by atoms with van der Waals surface area (Å²) in [7, 11) is 0. The van der Waals surface area contributed by atoms with E-state index in [1.54, 1.807) is 18.2 Å². The molecule has 2 aromatic heterocycles. The smallest absolute Gasteiger partial charge is 0.276 e. The third-order valence-corrected chi connectivity index (χ3v) is 4.12. The lowest BCUT2D eigenvalue weighted by Gasteiger charge is -2.13. The maximum absolute atomic E-state index is 12.0. The number of aryl methyl sites for hydroxylation is 1. The molecule has 0 fully saturated rings. The van der Waals surface area contributed by atoms with Crippen molar-refractivity contribution < 1.29 is 9.53 Å². The molecule has 3 rings (SSSR count). The second kappa shape index (κ2) is 9.26. The van der Waals surface area contributed by atoms with Crippen LogP contribution in [-0.4, -0.2) is 27.5 Å². The maximum atomic E-state index is 12.0. The van der Waals surface area contributed by atoms with Crippen LogP contribution in [0, 0.1) is 6.92 Å². The molecule has 0 aliphatic carbocycles. The van der Waals surface area contributed by atoms with Crippen molar-refractivity contribution in [2.75, 3.05) is 23.1 Å². The minimum absolute atomic E-state index is 0.206. The van der Waals surface area contributed by atoms with Crippen LogP contribution in [0.4, 0.5) is 23.1 Å². The molecular formula is C18H17Cl2N7O2. The summed E-state index contributed by atoms with van der Waals surface area (Å²) in [5, 5.41) is 3.78. The molecule has 9 nitrogen and oxygen atoms in total. The third kappa shape index (κ3) is 5.59. The molecule has 150 valence electrons. The number of rotatable bonds is 7. The first-order valence-electron chi connectivity index (χ1n) is 8.36. The van der Waals surface area contributed by atoms with Gasteiger partial charge < -0.3 is 15.8 Å². The maximum Gasteiger partial charge on any atom is 0.276 e. The van der Waals surface area contributed by atoms with Crippen molar-refractivity contribution in [1.82, 2.24) is 20.4 Å².